The average molecular weight is 445 g/mol. The molecule has 1 unspecified atom stereocenters. The van der Waals surface area contributed by atoms with E-state index < -0.39 is 12.0 Å². The third-order valence-electron chi connectivity index (χ3n) is 4.98. The van der Waals surface area contributed by atoms with Crippen LogP contribution in [0.1, 0.15) is 33.4 Å². The van der Waals surface area contributed by atoms with E-state index in [1.165, 1.54) is 7.11 Å². The van der Waals surface area contributed by atoms with Crippen molar-refractivity contribution in [3.8, 4) is 0 Å². The van der Waals surface area contributed by atoms with E-state index in [9.17, 15) is 9.59 Å². The van der Waals surface area contributed by atoms with E-state index in [2.05, 4.69) is 15.3 Å². The fraction of sp³-hybridized carbons (Fsp3) is 0.190. The summed E-state index contributed by atoms with van der Waals surface area (Å²) in [5.41, 5.74) is 3.26. The van der Waals surface area contributed by atoms with Crippen molar-refractivity contribution >= 4 is 40.9 Å². The number of fused-ring (bicyclic) bond motifs is 1. The van der Waals surface area contributed by atoms with Gasteiger partial charge in [0, 0.05) is 34.4 Å². The lowest BCUT2D eigenvalue weighted by molar-refractivity contribution is 0.0600. The highest BCUT2D eigenvalue weighted by Crippen LogP contribution is 2.38. The zero-order chi connectivity index (χ0) is 21.3. The molecule has 1 aliphatic heterocycles. The first-order valence-corrected chi connectivity index (χ1v) is 9.96. The highest BCUT2D eigenvalue weighted by molar-refractivity contribution is 6.35. The molecule has 0 saturated carbocycles. The summed E-state index contributed by atoms with van der Waals surface area (Å²) in [6, 6.07) is 10.9. The molecular formula is C21H18Cl2N4O3. The van der Waals surface area contributed by atoms with Crippen molar-refractivity contribution in [1.29, 1.82) is 0 Å². The highest BCUT2D eigenvalue weighted by atomic mass is 35.5. The van der Waals surface area contributed by atoms with Crippen LogP contribution in [0.25, 0.3) is 0 Å². The molecule has 0 saturated heterocycles. The molecule has 1 aromatic heterocycles. The van der Waals surface area contributed by atoms with Gasteiger partial charge in [-0.25, -0.2) is 14.6 Å². The Morgan fingerprint density at radius 3 is 2.83 bits per heavy atom. The first kappa shape index (κ1) is 20.3. The van der Waals surface area contributed by atoms with Crippen LogP contribution in [0.4, 0.5) is 10.5 Å². The number of aromatic nitrogens is 2. The Morgan fingerprint density at radius 1 is 1.23 bits per heavy atom. The SMILES string of the molecule is COC(=O)c1cccc(NC(=O)N2CCc3[nH]cnc3C2c2ccc(Cl)cc2Cl)c1. The molecule has 0 fully saturated rings. The van der Waals surface area contributed by atoms with Gasteiger partial charge in [0.15, 0.2) is 0 Å². The minimum absolute atomic E-state index is 0.332. The lowest BCUT2D eigenvalue weighted by atomic mass is 9.96. The van der Waals surface area contributed by atoms with E-state index in [1.807, 2.05) is 0 Å². The molecule has 2 heterocycles. The highest BCUT2D eigenvalue weighted by Gasteiger charge is 2.35. The predicted octanol–water partition coefficient (Wildman–Crippen LogP) is 4.68. The molecule has 2 aromatic carbocycles. The molecule has 30 heavy (non-hydrogen) atoms. The van der Waals surface area contributed by atoms with Gasteiger partial charge in [0.1, 0.15) is 6.04 Å². The van der Waals surface area contributed by atoms with Crippen molar-refractivity contribution < 1.29 is 14.3 Å². The van der Waals surface area contributed by atoms with Gasteiger partial charge < -0.3 is 19.9 Å². The number of urea groups is 1. The quantitative estimate of drug-likeness (QED) is 0.573. The number of anilines is 1. The number of rotatable bonds is 3. The Labute approximate surface area is 183 Å². The van der Waals surface area contributed by atoms with Crippen molar-refractivity contribution in [1.82, 2.24) is 14.9 Å². The Bertz CT molecular complexity index is 1120. The maximum Gasteiger partial charge on any atom is 0.337 e. The number of aromatic amines is 1. The van der Waals surface area contributed by atoms with Crippen molar-refractivity contribution in [2.45, 2.75) is 12.5 Å². The van der Waals surface area contributed by atoms with Crippen LogP contribution in [0.3, 0.4) is 0 Å². The van der Waals surface area contributed by atoms with Gasteiger partial charge in [-0.15, -0.1) is 0 Å². The summed E-state index contributed by atoms with van der Waals surface area (Å²) in [5, 5.41) is 3.82. The molecule has 9 heteroatoms. The van der Waals surface area contributed by atoms with Crippen LogP contribution in [0.5, 0.6) is 0 Å². The number of hydrogen-bond donors (Lipinski definition) is 2. The van der Waals surface area contributed by atoms with Crippen LogP contribution in [0, 0.1) is 0 Å². The molecule has 0 radical (unpaired) electrons. The number of ether oxygens (including phenoxy) is 1. The summed E-state index contributed by atoms with van der Waals surface area (Å²) in [6.07, 6.45) is 2.25. The number of hydrogen-bond acceptors (Lipinski definition) is 4. The Balaban J connectivity index is 1.67. The van der Waals surface area contributed by atoms with Crippen molar-refractivity contribution in [2.75, 3.05) is 19.0 Å². The van der Waals surface area contributed by atoms with Gasteiger partial charge in [0.05, 0.1) is 24.7 Å². The second-order valence-electron chi connectivity index (χ2n) is 6.78. The fourth-order valence-electron chi connectivity index (χ4n) is 3.57. The van der Waals surface area contributed by atoms with E-state index >= 15 is 0 Å². The molecular weight excluding hydrogens is 427 g/mol. The molecule has 0 aliphatic carbocycles. The number of nitrogens with zero attached hydrogens (tertiary/aromatic N) is 2. The largest absolute Gasteiger partial charge is 0.465 e. The Kier molecular flexibility index (Phi) is 5.65. The normalized spacial score (nSPS) is 15.4. The van der Waals surface area contributed by atoms with Crippen LogP contribution in [0.2, 0.25) is 10.0 Å². The summed E-state index contributed by atoms with van der Waals surface area (Å²) in [5.74, 6) is -0.476. The third kappa shape index (κ3) is 3.86. The molecule has 1 atom stereocenters. The summed E-state index contributed by atoms with van der Waals surface area (Å²) in [4.78, 5) is 34.2. The van der Waals surface area contributed by atoms with E-state index in [4.69, 9.17) is 27.9 Å². The van der Waals surface area contributed by atoms with E-state index in [0.717, 1.165) is 17.0 Å². The summed E-state index contributed by atoms with van der Waals surface area (Å²) in [6.45, 7) is 0.460. The van der Waals surface area contributed by atoms with Gasteiger partial charge in [-0.1, -0.05) is 35.3 Å². The predicted molar refractivity (Wildman–Crippen MR) is 114 cm³/mol. The monoisotopic (exact) mass is 444 g/mol. The molecule has 4 rings (SSSR count). The van der Waals surface area contributed by atoms with E-state index in [0.29, 0.717) is 34.3 Å². The second-order valence-corrected chi connectivity index (χ2v) is 7.62. The lowest BCUT2D eigenvalue weighted by Crippen LogP contribution is -2.43. The molecule has 154 valence electrons. The molecule has 2 amide bonds. The van der Waals surface area contributed by atoms with Crippen molar-refractivity contribution in [3.63, 3.8) is 0 Å². The number of esters is 1. The van der Waals surface area contributed by atoms with Gasteiger partial charge in [-0.2, -0.15) is 0 Å². The summed E-state index contributed by atoms with van der Waals surface area (Å²) >= 11 is 12.5. The number of methoxy groups -OCH3 is 1. The van der Waals surface area contributed by atoms with Gasteiger partial charge in [-0.05, 0) is 35.9 Å². The third-order valence-corrected chi connectivity index (χ3v) is 5.54. The molecule has 0 spiro atoms. The average Bonchev–Trinajstić information content (AvgIpc) is 3.22. The maximum absolute atomic E-state index is 13.2. The molecule has 2 N–H and O–H groups in total. The molecule has 3 aromatic rings. The van der Waals surface area contributed by atoms with Gasteiger partial charge in [0.25, 0.3) is 0 Å². The topological polar surface area (TPSA) is 87.3 Å². The van der Waals surface area contributed by atoms with E-state index in [1.54, 1.807) is 53.7 Å². The molecule has 0 bridgehead atoms. The van der Waals surface area contributed by atoms with Crippen molar-refractivity contribution in [3.05, 3.63) is 81.4 Å². The second kappa shape index (κ2) is 8.38. The maximum atomic E-state index is 13.2. The fourth-order valence-corrected chi connectivity index (χ4v) is 4.08. The van der Waals surface area contributed by atoms with Crippen LogP contribution >= 0.6 is 23.2 Å². The molecule has 7 nitrogen and oxygen atoms in total. The molecule has 1 aliphatic rings. The minimum atomic E-state index is -0.478. The number of nitrogens with one attached hydrogen (secondary N) is 2. The van der Waals surface area contributed by atoms with Crippen LogP contribution < -0.4 is 5.32 Å². The zero-order valence-electron chi connectivity index (χ0n) is 16.0. The first-order chi connectivity index (χ1) is 14.5. The summed E-state index contributed by atoms with van der Waals surface area (Å²) in [7, 11) is 1.31. The van der Waals surface area contributed by atoms with Gasteiger partial charge in [0.2, 0.25) is 0 Å². The van der Waals surface area contributed by atoms with Crippen molar-refractivity contribution in [2.24, 2.45) is 0 Å². The minimum Gasteiger partial charge on any atom is -0.465 e. The number of imidazole rings is 1. The Morgan fingerprint density at radius 2 is 2.07 bits per heavy atom. The first-order valence-electron chi connectivity index (χ1n) is 9.21. The van der Waals surface area contributed by atoms with E-state index in [-0.39, 0.29) is 6.03 Å². The number of halogens is 2. The van der Waals surface area contributed by atoms with Gasteiger partial charge in [-0.3, -0.25) is 0 Å². The number of carbonyl (C=O) groups excluding carboxylic acids is 2. The number of carbonyl (C=O) groups is 2. The number of amides is 2. The summed E-state index contributed by atoms with van der Waals surface area (Å²) < 4.78 is 4.74. The zero-order valence-corrected chi connectivity index (χ0v) is 17.5. The lowest BCUT2D eigenvalue weighted by Gasteiger charge is -2.35. The Hall–Kier alpha value is -3.03. The van der Waals surface area contributed by atoms with Crippen LogP contribution in [0.15, 0.2) is 48.8 Å². The van der Waals surface area contributed by atoms with Gasteiger partial charge >= 0.3 is 12.0 Å². The number of benzene rings is 2. The number of H-pyrrole nitrogens is 1. The van der Waals surface area contributed by atoms with Crippen LogP contribution in [-0.4, -0.2) is 40.5 Å². The van der Waals surface area contributed by atoms with Crippen LogP contribution in [-0.2, 0) is 11.2 Å². The standard InChI is InChI=1S/C21H18Cl2N4O3/c1-30-20(28)12-3-2-4-14(9-12)26-21(29)27-8-7-17-18(25-11-24-17)19(27)15-6-5-13(22)10-16(15)23/h2-6,9-11,19H,7-8H2,1H3,(H,24,25)(H,26,29). The smallest absolute Gasteiger partial charge is 0.337 e.